The van der Waals surface area contributed by atoms with Gasteiger partial charge in [-0.1, -0.05) is 11.6 Å². The van der Waals surface area contributed by atoms with Crippen molar-refractivity contribution in [1.82, 2.24) is 10.2 Å². The number of hydrogen-bond donors (Lipinski definition) is 3. The third kappa shape index (κ3) is 8.79. The summed E-state index contributed by atoms with van der Waals surface area (Å²) in [7, 11) is -2.94. The number of allylic oxidation sites excluding steroid dienone is 2. The Hall–Kier alpha value is -3.41. The molecular weight excluding hydrogens is 559 g/mol. The van der Waals surface area contributed by atoms with Gasteiger partial charge in [-0.25, -0.2) is 19.5 Å². The highest BCUT2D eigenvalue weighted by molar-refractivity contribution is 7.55. The van der Waals surface area contributed by atoms with Gasteiger partial charge in [-0.2, -0.15) is 0 Å². The Morgan fingerprint density at radius 1 is 1.05 bits per heavy atom. The van der Waals surface area contributed by atoms with Crippen molar-refractivity contribution in [3.8, 4) is 11.5 Å². The molecule has 41 heavy (non-hydrogen) atoms. The molecule has 0 aromatic heterocycles. The first-order valence-corrected chi connectivity index (χ1v) is 14.9. The number of nitrogens with one attached hydrogen (secondary N) is 2. The minimum absolute atomic E-state index is 0.0336. The van der Waals surface area contributed by atoms with Crippen LogP contribution in [0.1, 0.15) is 74.5 Å². The second-order valence-electron chi connectivity index (χ2n) is 9.39. The van der Waals surface area contributed by atoms with Crippen molar-refractivity contribution in [2.24, 2.45) is 0 Å². The fourth-order valence-electron chi connectivity index (χ4n) is 4.16. The lowest BCUT2D eigenvalue weighted by Gasteiger charge is -2.28. The van der Waals surface area contributed by atoms with Crippen molar-refractivity contribution in [3.05, 3.63) is 33.9 Å². The number of esters is 3. The van der Waals surface area contributed by atoms with Crippen LogP contribution in [0.3, 0.4) is 0 Å². The van der Waals surface area contributed by atoms with E-state index in [2.05, 4.69) is 10.2 Å². The number of rotatable bonds is 16. The predicted molar refractivity (Wildman–Crippen MR) is 148 cm³/mol. The maximum Gasteiger partial charge on any atom is 0.391 e. The van der Waals surface area contributed by atoms with Crippen LogP contribution in [0, 0.1) is 6.92 Å². The van der Waals surface area contributed by atoms with Crippen LogP contribution < -0.4 is 19.4 Å². The molecule has 0 unspecified atom stereocenters. The van der Waals surface area contributed by atoms with Gasteiger partial charge in [0.1, 0.15) is 30.0 Å². The molecule has 228 valence electrons. The van der Waals surface area contributed by atoms with Crippen LogP contribution in [-0.4, -0.2) is 61.4 Å². The molecule has 0 fully saturated rings. The minimum atomic E-state index is -4.38. The topological polar surface area (TPSA) is 176 Å². The Morgan fingerprint density at radius 2 is 1.61 bits per heavy atom. The number of cyclic esters (lactones) is 1. The number of aliphatic carboxylic acids is 1. The summed E-state index contributed by atoms with van der Waals surface area (Å²) >= 11 is 0. The van der Waals surface area contributed by atoms with Gasteiger partial charge >= 0.3 is 31.5 Å². The van der Waals surface area contributed by atoms with Crippen LogP contribution in [0.5, 0.6) is 11.5 Å². The van der Waals surface area contributed by atoms with Crippen molar-refractivity contribution >= 4 is 31.5 Å². The molecule has 0 saturated carbocycles. The molecular formula is C27H39N2O11P. The number of fused-ring (bicyclic) bond motifs is 1. The highest BCUT2D eigenvalue weighted by Crippen LogP contribution is 2.49. The third-order valence-electron chi connectivity index (χ3n) is 6.24. The highest BCUT2D eigenvalue weighted by atomic mass is 31.2. The molecule has 0 aliphatic carbocycles. The Balaban J connectivity index is 2.69. The summed E-state index contributed by atoms with van der Waals surface area (Å²) < 4.78 is 41.4. The van der Waals surface area contributed by atoms with Gasteiger partial charge in [0.2, 0.25) is 0 Å². The maximum absolute atomic E-state index is 14.3. The molecule has 13 nitrogen and oxygen atoms in total. The van der Waals surface area contributed by atoms with Crippen molar-refractivity contribution < 1.29 is 52.3 Å². The summed E-state index contributed by atoms with van der Waals surface area (Å²) in [6.07, 6.45) is 2.09. The summed E-state index contributed by atoms with van der Waals surface area (Å²) in [5.41, 5.74) is 2.22. The van der Waals surface area contributed by atoms with Crippen LogP contribution >= 0.6 is 7.67 Å². The minimum Gasteiger partial charge on any atom is -0.496 e. The quantitative estimate of drug-likeness (QED) is 0.109. The Labute approximate surface area is 239 Å². The van der Waals surface area contributed by atoms with Gasteiger partial charge in [-0.15, -0.1) is 0 Å². The molecule has 0 saturated heterocycles. The summed E-state index contributed by atoms with van der Waals surface area (Å²) in [6, 6.07) is -2.28. The fourth-order valence-corrected chi connectivity index (χ4v) is 6.03. The first kappa shape index (κ1) is 33.8. The van der Waals surface area contributed by atoms with E-state index in [-0.39, 0.29) is 50.4 Å². The number of carbonyl (C=O) groups excluding carboxylic acids is 3. The van der Waals surface area contributed by atoms with Crippen molar-refractivity contribution in [2.45, 2.75) is 79.5 Å². The second kappa shape index (κ2) is 15.0. The number of ether oxygens (including phenoxy) is 4. The van der Waals surface area contributed by atoms with Crippen LogP contribution in [0.15, 0.2) is 11.6 Å². The Morgan fingerprint density at radius 3 is 2.10 bits per heavy atom. The molecule has 0 amide bonds. The van der Waals surface area contributed by atoms with Gasteiger partial charge in [-0.05, 0) is 59.9 Å². The second-order valence-corrected chi connectivity index (χ2v) is 11.2. The zero-order valence-electron chi connectivity index (χ0n) is 24.5. The molecule has 3 N–H and O–H groups in total. The Kier molecular flexibility index (Phi) is 12.4. The average molecular weight is 599 g/mol. The van der Waals surface area contributed by atoms with Gasteiger partial charge in [0, 0.05) is 17.5 Å². The average Bonchev–Trinajstić information content (AvgIpc) is 3.29. The fraction of sp³-hybridized carbons (Fsp3) is 0.556. The van der Waals surface area contributed by atoms with E-state index in [1.807, 2.05) is 0 Å². The third-order valence-corrected chi connectivity index (χ3v) is 8.14. The van der Waals surface area contributed by atoms with Crippen LogP contribution in [-0.2, 0) is 46.2 Å². The van der Waals surface area contributed by atoms with E-state index in [1.54, 1.807) is 33.8 Å². The number of benzene rings is 1. The molecule has 1 aromatic rings. The van der Waals surface area contributed by atoms with Crippen LogP contribution in [0.25, 0.3) is 0 Å². The summed E-state index contributed by atoms with van der Waals surface area (Å²) in [4.78, 5) is 48.8. The van der Waals surface area contributed by atoms with Crippen LogP contribution in [0.4, 0.5) is 0 Å². The van der Waals surface area contributed by atoms with Crippen molar-refractivity contribution in [2.75, 3.05) is 20.3 Å². The van der Waals surface area contributed by atoms with Gasteiger partial charge in [0.25, 0.3) is 0 Å². The molecule has 1 aromatic carbocycles. The molecule has 14 heteroatoms. The first-order valence-electron chi connectivity index (χ1n) is 13.2. The van der Waals surface area contributed by atoms with Gasteiger partial charge in [0.05, 0.1) is 20.3 Å². The normalized spacial score (nSPS) is 14.5. The zero-order valence-corrected chi connectivity index (χ0v) is 25.3. The lowest BCUT2D eigenvalue weighted by Crippen LogP contribution is -2.43. The number of carboxylic acids is 1. The molecule has 1 heterocycles. The van der Waals surface area contributed by atoms with Crippen molar-refractivity contribution in [1.29, 1.82) is 0 Å². The molecule has 2 atom stereocenters. The smallest absolute Gasteiger partial charge is 0.391 e. The van der Waals surface area contributed by atoms with Crippen LogP contribution in [0.2, 0.25) is 0 Å². The molecule has 1 aliphatic rings. The molecule has 0 bridgehead atoms. The summed E-state index contributed by atoms with van der Waals surface area (Å²) in [5, 5.41) is 14.2. The van der Waals surface area contributed by atoms with Gasteiger partial charge in [-0.3, -0.25) is 14.4 Å². The Bertz CT molecular complexity index is 1210. The lowest BCUT2D eigenvalue weighted by molar-refractivity contribution is -0.145. The van der Waals surface area contributed by atoms with E-state index in [0.29, 0.717) is 22.4 Å². The molecule has 0 spiro atoms. The van der Waals surface area contributed by atoms with Gasteiger partial charge < -0.3 is 28.6 Å². The maximum atomic E-state index is 14.3. The number of carboxylic acid groups (broad SMARTS) is 1. The summed E-state index contributed by atoms with van der Waals surface area (Å²) in [6.45, 7) is 9.66. The van der Waals surface area contributed by atoms with E-state index in [0.717, 1.165) is 5.57 Å². The van der Waals surface area contributed by atoms with E-state index in [9.17, 15) is 23.7 Å². The largest absolute Gasteiger partial charge is 0.496 e. The molecule has 1 aliphatic heterocycles. The summed E-state index contributed by atoms with van der Waals surface area (Å²) in [5.74, 6) is -2.86. The van der Waals surface area contributed by atoms with E-state index >= 15 is 0 Å². The van der Waals surface area contributed by atoms with Gasteiger partial charge in [0.15, 0.2) is 5.75 Å². The molecule has 2 rings (SSSR count). The molecule has 0 radical (unpaired) electrons. The van der Waals surface area contributed by atoms with E-state index in [4.69, 9.17) is 28.6 Å². The van der Waals surface area contributed by atoms with E-state index in [1.165, 1.54) is 21.0 Å². The van der Waals surface area contributed by atoms with Crippen molar-refractivity contribution in [3.63, 3.8) is 0 Å². The zero-order chi connectivity index (χ0) is 30.9. The lowest BCUT2D eigenvalue weighted by atomic mass is 9.94. The predicted octanol–water partition coefficient (Wildman–Crippen LogP) is 3.60. The number of hydrogen-bond acceptors (Lipinski definition) is 10. The first-order chi connectivity index (χ1) is 19.3. The monoisotopic (exact) mass is 598 g/mol. The number of methoxy groups -OCH3 is 1. The standard InChI is InChI=1S/C27H39N2O11P/c1-8-37-25(32)17(5)28-41(35,29-18(6)26(33)38-9-2)40-24-19(12-10-15(3)11-13-21(30)31)23(36-7)16(4)20-14-39-27(34)22(20)24/h10,17-18H,8-9,11-14H2,1-7H3,(H,30,31)(H2,28,29,35)/b15-10+/t17-,18-/m0/s1. The highest BCUT2D eigenvalue weighted by Gasteiger charge is 2.39. The number of carbonyl (C=O) groups is 4. The SMILES string of the molecule is CCOC(=O)[C@H](C)NP(=O)(N[C@@H](C)C(=O)OCC)Oc1c(C/C=C(\C)CCC(=O)O)c(OC)c(C)c2c1C(=O)OC2. The van der Waals surface area contributed by atoms with E-state index < -0.39 is 43.6 Å².